The molecule has 0 fully saturated rings. The van der Waals surface area contributed by atoms with Gasteiger partial charge in [0, 0.05) is 22.8 Å². The van der Waals surface area contributed by atoms with Crippen molar-refractivity contribution in [2.24, 2.45) is 0 Å². The van der Waals surface area contributed by atoms with Crippen LogP contribution in [0.15, 0.2) is 59.1 Å². The largest absolute Gasteiger partial charge is 0.481 e. The van der Waals surface area contributed by atoms with Gasteiger partial charge in [0.2, 0.25) is 5.90 Å². The number of methoxy groups -OCH3 is 1. The van der Waals surface area contributed by atoms with Gasteiger partial charge in [-0.1, -0.05) is 41.1 Å². The van der Waals surface area contributed by atoms with Crippen LogP contribution < -0.4 is 5.32 Å². The van der Waals surface area contributed by atoms with Gasteiger partial charge in [-0.2, -0.15) is 0 Å². The van der Waals surface area contributed by atoms with Gasteiger partial charge in [-0.25, -0.2) is 0 Å². The second-order valence-electron chi connectivity index (χ2n) is 5.81. The van der Waals surface area contributed by atoms with Crippen molar-refractivity contribution in [3.63, 3.8) is 0 Å². The van der Waals surface area contributed by atoms with Crippen LogP contribution in [0.25, 0.3) is 11.3 Å². The Kier molecular flexibility index (Phi) is 5.12. The summed E-state index contributed by atoms with van der Waals surface area (Å²) in [5.41, 5.74) is 3.63. The quantitative estimate of drug-likeness (QED) is 0.544. The van der Waals surface area contributed by atoms with Crippen LogP contribution >= 0.6 is 0 Å². The standard InChI is InChI=1S/C20H19N3O3/c1-13-7-9-14(10-8-13)20(24)22-12-15-11-18(23-26-15)16-5-3-4-6-17(16)19(21)25-2/h3-11,21H,12H2,1-2H3,(H,22,24). The van der Waals surface area contributed by atoms with Gasteiger partial charge in [0.15, 0.2) is 5.76 Å². The number of hydrogen-bond acceptors (Lipinski definition) is 5. The number of benzene rings is 2. The molecule has 3 rings (SSSR count). The van der Waals surface area contributed by atoms with Crippen LogP contribution in [-0.2, 0) is 11.3 Å². The topological polar surface area (TPSA) is 88.2 Å². The summed E-state index contributed by atoms with van der Waals surface area (Å²) >= 11 is 0. The summed E-state index contributed by atoms with van der Waals surface area (Å²) in [6, 6.07) is 16.4. The van der Waals surface area contributed by atoms with E-state index in [4.69, 9.17) is 14.7 Å². The molecule has 0 radical (unpaired) electrons. The first-order valence-corrected chi connectivity index (χ1v) is 8.11. The van der Waals surface area contributed by atoms with Crippen LogP contribution in [0.5, 0.6) is 0 Å². The molecule has 0 bridgehead atoms. The Hall–Kier alpha value is -3.41. The average Bonchev–Trinajstić information content (AvgIpc) is 3.15. The SMILES string of the molecule is COC(=N)c1ccccc1-c1cc(CNC(=O)c2ccc(C)cc2)on1. The van der Waals surface area contributed by atoms with Gasteiger partial charge < -0.3 is 14.6 Å². The number of ether oxygens (including phenoxy) is 1. The minimum Gasteiger partial charge on any atom is -0.481 e. The van der Waals surface area contributed by atoms with Crippen molar-refractivity contribution in [1.29, 1.82) is 5.41 Å². The number of nitrogens with one attached hydrogen (secondary N) is 2. The molecule has 132 valence electrons. The van der Waals surface area contributed by atoms with Crippen LogP contribution in [0.1, 0.15) is 27.2 Å². The van der Waals surface area contributed by atoms with Crippen LogP contribution in [0.2, 0.25) is 0 Å². The Bertz CT molecular complexity index is 929. The first-order valence-electron chi connectivity index (χ1n) is 8.11. The van der Waals surface area contributed by atoms with E-state index < -0.39 is 0 Å². The third-order valence-corrected chi connectivity index (χ3v) is 3.95. The Morgan fingerprint density at radius 1 is 1.19 bits per heavy atom. The summed E-state index contributed by atoms with van der Waals surface area (Å²) in [6.45, 7) is 2.20. The molecule has 0 spiro atoms. The number of carbonyl (C=O) groups is 1. The van der Waals surface area contributed by atoms with Gasteiger partial charge in [0.1, 0.15) is 5.69 Å². The van der Waals surface area contributed by atoms with Gasteiger partial charge in [-0.05, 0) is 25.1 Å². The molecule has 6 nitrogen and oxygen atoms in total. The van der Waals surface area contributed by atoms with E-state index in [1.54, 1.807) is 24.3 Å². The Morgan fingerprint density at radius 3 is 2.65 bits per heavy atom. The Balaban J connectivity index is 1.72. The van der Waals surface area contributed by atoms with Crippen molar-refractivity contribution in [2.45, 2.75) is 13.5 Å². The molecule has 1 amide bonds. The zero-order valence-corrected chi connectivity index (χ0v) is 14.6. The monoisotopic (exact) mass is 349 g/mol. The molecule has 2 N–H and O–H groups in total. The molecule has 0 saturated carbocycles. The van der Waals surface area contributed by atoms with Crippen LogP contribution in [-0.4, -0.2) is 24.1 Å². The highest BCUT2D eigenvalue weighted by Gasteiger charge is 2.14. The molecule has 26 heavy (non-hydrogen) atoms. The van der Waals surface area contributed by atoms with Gasteiger partial charge in [0.25, 0.3) is 5.91 Å². The van der Waals surface area contributed by atoms with E-state index in [2.05, 4.69) is 10.5 Å². The second-order valence-corrected chi connectivity index (χ2v) is 5.81. The van der Waals surface area contributed by atoms with E-state index in [0.717, 1.165) is 11.1 Å². The number of aryl methyl sites for hydroxylation is 1. The summed E-state index contributed by atoms with van der Waals surface area (Å²) in [7, 11) is 1.45. The van der Waals surface area contributed by atoms with Crippen molar-refractivity contribution in [1.82, 2.24) is 10.5 Å². The summed E-state index contributed by atoms with van der Waals surface area (Å²) in [4.78, 5) is 12.2. The zero-order valence-electron chi connectivity index (χ0n) is 14.6. The predicted octanol–water partition coefficient (Wildman–Crippen LogP) is 3.55. The lowest BCUT2D eigenvalue weighted by Gasteiger charge is -2.06. The molecule has 0 aliphatic carbocycles. The molecular weight excluding hydrogens is 330 g/mol. The summed E-state index contributed by atoms with van der Waals surface area (Å²) in [5.74, 6) is 0.404. The van der Waals surface area contributed by atoms with Gasteiger partial charge in [0.05, 0.1) is 13.7 Å². The smallest absolute Gasteiger partial charge is 0.251 e. The van der Waals surface area contributed by atoms with Crippen molar-refractivity contribution >= 4 is 11.8 Å². The minimum atomic E-state index is -0.176. The van der Waals surface area contributed by atoms with Crippen molar-refractivity contribution in [3.8, 4) is 11.3 Å². The first kappa shape index (κ1) is 17.4. The lowest BCUT2D eigenvalue weighted by atomic mass is 10.0. The molecule has 6 heteroatoms. The van der Waals surface area contributed by atoms with E-state index in [0.29, 0.717) is 22.6 Å². The van der Waals surface area contributed by atoms with E-state index in [1.807, 2.05) is 37.3 Å². The maximum Gasteiger partial charge on any atom is 0.251 e. The molecule has 3 aromatic rings. The number of nitrogens with zero attached hydrogens (tertiary/aromatic N) is 1. The molecule has 0 saturated heterocycles. The summed E-state index contributed by atoms with van der Waals surface area (Å²) in [6.07, 6.45) is 0. The van der Waals surface area contributed by atoms with Crippen molar-refractivity contribution < 1.29 is 14.1 Å². The van der Waals surface area contributed by atoms with E-state index in [9.17, 15) is 4.79 Å². The zero-order chi connectivity index (χ0) is 18.5. The maximum atomic E-state index is 12.2. The highest BCUT2D eigenvalue weighted by Crippen LogP contribution is 2.24. The number of hydrogen-bond donors (Lipinski definition) is 2. The van der Waals surface area contributed by atoms with E-state index >= 15 is 0 Å². The predicted molar refractivity (Wildman–Crippen MR) is 98.1 cm³/mol. The van der Waals surface area contributed by atoms with E-state index in [1.165, 1.54) is 7.11 Å². The van der Waals surface area contributed by atoms with Crippen LogP contribution in [0.3, 0.4) is 0 Å². The van der Waals surface area contributed by atoms with E-state index in [-0.39, 0.29) is 18.3 Å². The van der Waals surface area contributed by atoms with Crippen LogP contribution in [0, 0.1) is 12.3 Å². The van der Waals surface area contributed by atoms with Gasteiger partial charge in [-0.3, -0.25) is 10.2 Å². The van der Waals surface area contributed by atoms with Crippen molar-refractivity contribution in [2.75, 3.05) is 7.11 Å². The lowest BCUT2D eigenvalue weighted by molar-refractivity contribution is 0.0947. The third-order valence-electron chi connectivity index (χ3n) is 3.95. The number of amides is 1. The lowest BCUT2D eigenvalue weighted by Crippen LogP contribution is -2.22. The molecule has 0 unspecified atom stereocenters. The fourth-order valence-electron chi connectivity index (χ4n) is 2.51. The minimum absolute atomic E-state index is 0.0535. The van der Waals surface area contributed by atoms with Crippen molar-refractivity contribution in [3.05, 3.63) is 77.0 Å². The normalized spacial score (nSPS) is 10.4. The second kappa shape index (κ2) is 7.65. The van der Waals surface area contributed by atoms with Gasteiger partial charge >= 0.3 is 0 Å². The molecular formula is C20H19N3O3. The molecule has 1 heterocycles. The Labute approximate surface area is 151 Å². The summed E-state index contributed by atoms with van der Waals surface area (Å²) in [5, 5.41) is 14.7. The van der Waals surface area contributed by atoms with Gasteiger partial charge in [-0.15, -0.1) is 0 Å². The molecule has 2 aromatic carbocycles. The molecule has 0 atom stereocenters. The summed E-state index contributed by atoms with van der Waals surface area (Å²) < 4.78 is 10.3. The Morgan fingerprint density at radius 2 is 1.92 bits per heavy atom. The number of aromatic nitrogens is 1. The first-order chi connectivity index (χ1) is 12.6. The highest BCUT2D eigenvalue weighted by atomic mass is 16.5. The number of carbonyl (C=O) groups excluding carboxylic acids is 1. The molecule has 0 aliphatic heterocycles. The number of rotatable bonds is 5. The highest BCUT2D eigenvalue weighted by molar-refractivity contribution is 5.98. The molecule has 1 aromatic heterocycles. The fraction of sp³-hybridized carbons (Fsp3) is 0.150. The molecule has 0 aliphatic rings. The third kappa shape index (κ3) is 3.80. The maximum absolute atomic E-state index is 12.2. The van der Waals surface area contributed by atoms with Crippen LogP contribution in [0.4, 0.5) is 0 Å². The average molecular weight is 349 g/mol. The fourth-order valence-corrected chi connectivity index (χ4v) is 2.51.